The van der Waals surface area contributed by atoms with Crippen LogP contribution in [0.3, 0.4) is 0 Å². The molecule has 2 rings (SSSR count). The number of ether oxygens (including phenoxy) is 2. The monoisotopic (exact) mass is 364 g/mol. The number of nitrogens with two attached hydrogens (primary N) is 1. The van der Waals surface area contributed by atoms with Crippen LogP contribution in [-0.2, 0) is 14.4 Å². The molecule has 0 radical (unpaired) electrons. The molecule has 142 valence electrons. The molecule has 9 nitrogen and oxygen atoms in total. The van der Waals surface area contributed by atoms with E-state index in [2.05, 4.69) is 16.0 Å². The zero-order valence-corrected chi connectivity index (χ0v) is 14.8. The molecule has 0 saturated carbocycles. The number of hydrogen-bond acceptors (Lipinski definition) is 6. The highest BCUT2D eigenvalue weighted by Gasteiger charge is 2.18. The number of amides is 3. The quantitative estimate of drug-likeness (QED) is 0.521. The Morgan fingerprint density at radius 1 is 1.04 bits per heavy atom. The Bertz CT molecular complexity index is 677. The molecule has 26 heavy (non-hydrogen) atoms. The summed E-state index contributed by atoms with van der Waals surface area (Å²) >= 11 is 0. The van der Waals surface area contributed by atoms with Crippen LogP contribution in [0.5, 0.6) is 11.5 Å². The zero-order chi connectivity index (χ0) is 19.1. The second kappa shape index (κ2) is 9.04. The predicted octanol–water partition coefficient (Wildman–Crippen LogP) is -0.388. The molecule has 0 aromatic heterocycles. The van der Waals surface area contributed by atoms with Crippen LogP contribution < -0.4 is 31.2 Å². The third kappa shape index (κ3) is 5.62. The van der Waals surface area contributed by atoms with Gasteiger partial charge >= 0.3 is 0 Å². The summed E-state index contributed by atoms with van der Waals surface area (Å²) in [7, 11) is 0. The van der Waals surface area contributed by atoms with Gasteiger partial charge in [0.25, 0.3) is 0 Å². The van der Waals surface area contributed by atoms with E-state index in [1.165, 1.54) is 0 Å². The zero-order valence-electron chi connectivity index (χ0n) is 14.8. The van der Waals surface area contributed by atoms with E-state index in [-0.39, 0.29) is 19.0 Å². The first-order valence-electron chi connectivity index (χ1n) is 8.36. The van der Waals surface area contributed by atoms with Crippen LogP contribution >= 0.6 is 0 Å². The fourth-order valence-electron chi connectivity index (χ4n) is 2.16. The normalized spacial score (nSPS) is 13.7. The molecule has 0 saturated heterocycles. The highest BCUT2D eigenvalue weighted by atomic mass is 16.6. The summed E-state index contributed by atoms with van der Waals surface area (Å²) in [6, 6.07) is 4.36. The maximum absolute atomic E-state index is 11.9. The van der Waals surface area contributed by atoms with Crippen LogP contribution in [0.2, 0.25) is 0 Å². The van der Waals surface area contributed by atoms with Crippen LogP contribution in [0.1, 0.15) is 13.8 Å². The first kappa shape index (κ1) is 19.5. The molecule has 0 unspecified atom stereocenters. The summed E-state index contributed by atoms with van der Waals surface area (Å²) in [5.41, 5.74) is 6.21. The van der Waals surface area contributed by atoms with Crippen molar-refractivity contribution in [3.8, 4) is 11.5 Å². The minimum absolute atomic E-state index is 0.0326. The molecule has 1 aromatic rings. The molecule has 1 atom stereocenters. The van der Waals surface area contributed by atoms with Crippen molar-refractivity contribution in [1.29, 1.82) is 0 Å². The van der Waals surface area contributed by atoms with Crippen LogP contribution in [0.25, 0.3) is 0 Å². The molecule has 0 fully saturated rings. The van der Waals surface area contributed by atoms with Crippen molar-refractivity contribution in [2.45, 2.75) is 19.9 Å². The van der Waals surface area contributed by atoms with E-state index in [1.54, 1.807) is 18.2 Å². The number of nitrogens with one attached hydrogen (secondary N) is 3. The Labute approximate surface area is 151 Å². The molecule has 0 bridgehead atoms. The average molecular weight is 364 g/mol. The van der Waals surface area contributed by atoms with Gasteiger partial charge in [0.2, 0.25) is 17.7 Å². The van der Waals surface area contributed by atoms with Gasteiger partial charge in [0.15, 0.2) is 11.5 Å². The summed E-state index contributed by atoms with van der Waals surface area (Å²) in [4.78, 5) is 35.3. The summed E-state index contributed by atoms with van der Waals surface area (Å²) in [6.45, 7) is 4.10. The third-order valence-corrected chi connectivity index (χ3v) is 3.72. The molecule has 9 heteroatoms. The van der Waals surface area contributed by atoms with E-state index < -0.39 is 23.8 Å². The van der Waals surface area contributed by atoms with E-state index in [0.717, 1.165) is 0 Å². The number of fused-ring (bicyclic) bond motifs is 1. The van der Waals surface area contributed by atoms with E-state index in [1.807, 2.05) is 13.8 Å². The van der Waals surface area contributed by atoms with Gasteiger partial charge in [-0.1, -0.05) is 13.8 Å². The van der Waals surface area contributed by atoms with Crippen LogP contribution in [0, 0.1) is 5.92 Å². The Morgan fingerprint density at radius 2 is 1.69 bits per heavy atom. The van der Waals surface area contributed by atoms with Gasteiger partial charge in [-0.3, -0.25) is 14.4 Å². The van der Waals surface area contributed by atoms with Crippen LogP contribution in [-0.4, -0.2) is 50.1 Å². The van der Waals surface area contributed by atoms with Gasteiger partial charge in [-0.15, -0.1) is 0 Å². The molecule has 1 aliphatic heterocycles. The van der Waals surface area contributed by atoms with E-state index in [0.29, 0.717) is 30.4 Å². The van der Waals surface area contributed by atoms with Gasteiger partial charge in [-0.05, 0) is 18.1 Å². The number of benzene rings is 1. The largest absolute Gasteiger partial charge is 0.486 e. The standard InChI is InChI=1S/C17H24N4O5/c1-10(2)16(18)17(24)20-8-14(22)19-9-15(23)21-11-3-4-12-13(7-11)26-6-5-25-12/h3-4,7,10,16H,5-6,8-9,18H2,1-2H3,(H,19,22)(H,20,24)(H,21,23)/t16-/m0/s1. The summed E-state index contributed by atoms with van der Waals surface area (Å²) < 4.78 is 10.8. The molecule has 3 amide bonds. The topological polar surface area (TPSA) is 132 Å². The second-order valence-corrected chi connectivity index (χ2v) is 6.17. The van der Waals surface area contributed by atoms with Gasteiger partial charge in [-0.2, -0.15) is 0 Å². The number of anilines is 1. The van der Waals surface area contributed by atoms with Crippen molar-refractivity contribution < 1.29 is 23.9 Å². The van der Waals surface area contributed by atoms with Crippen molar-refractivity contribution in [3.63, 3.8) is 0 Å². The molecular formula is C17H24N4O5. The summed E-state index contributed by atoms with van der Waals surface area (Å²) in [6.07, 6.45) is 0. The van der Waals surface area contributed by atoms with Gasteiger partial charge < -0.3 is 31.2 Å². The Morgan fingerprint density at radius 3 is 2.38 bits per heavy atom. The van der Waals surface area contributed by atoms with E-state index >= 15 is 0 Å². The van der Waals surface area contributed by atoms with Crippen LogP contribution in [0.15, 0.2) is 18.2 Å². The van der Waals surface area contributed by atoms with Crippen molar-refractivity contribution in [2.75, 3.05) is 31.6 Å². The first-order valence-corrected chi connectivity index (χ1v) is 8.36. The van der Waals surface area contributed by atoms with Crippen molar-refractivity contribution in [3.05, 3.63) is 18.2 Å². The van der Waals surface area contributed by atoms with Crippen molar-refractivity contribution in [2.24, 2.45) is 11.7 Å². The number of carbonyl (C=O) groups excluding carboxylic acids is 3. The lowest BCUT2D eigenvalue weighted by Crippen LogP contribution is -2.47. The SMILES string of the molecule is CC(C)[C@H](N)C(=O)NCC(=O)NCC(=O)Nc1ccc2c(c1)OCCO2. The maximum atomic E-state index is 11.9. The fourth-order valence-corrected chi connectivity index (χ4v) is 2.16. The Kier molecular flexibility index (Phi) is 6.79. The summed E-state index contributed by atoms with van der Waals surface area (Å²) in [5.74, 6) is -0.141. The lowest BCUT2D eigenvalue weighted by molar-refractivity contribution is -0.127. The molecular weight excluding hydrogens is 340 g/mol. The fraction of sp³-hybridized carbons (Fsp3) is 0.471. The lowest BCUT2D eigenvalue weighted by Gasteiger charge is -2.19. The number of carbonyl (C=O) groups is 3. The van der Waals surface area contributed by atoms with Gasteiger partial charge in [-0.25, -0.2) is 0 Å². The smallest absolute Gasteiger partial charge is 0.243 e. The minimum atomic E-state index is -0.679. The first-order chi connectivity index (χ1) is 12.4. The van der Waals surface area contributed by atoms with E-state index in [9.17, 15) is 14.4 Å². The van der Waals surface area contributed by atoms with Gasteiger partial charge in [0, 0.05) is 11.8 Å². The van der Waals surface area contributed by atoms with E-state index in [4.69, 9.17) is 15.2 Å². The Balaban J connectivity index is 1.73. The van der Waals surface area contributed by atoms with Crippen LogP contribution in [0.4, 0.5) is 5.69 Å². The number of rotatable bonds is 7. The van der Waals surface area contributed by atoms with Gasteiger partial charge in [0.05, 0.1) is 19.1 Å². The maximum Gasteiger partial charge on any atom is 0.243 e. The highest BCUT2D eigenvalue weighted by molar-refractivity contribution is 5.95. The lowest BCUT2D eigenvalue weighted by atomic mass is 10.1. The molecule has 5 N–H and O–H groups in total. The minimum Gasteiger partial charge on any atom is -0.486 e. The molecule has 1 heterocycles. The van der Waals surface area contributed by atoms with Gasteiger partial charge in [0.1, 0.15) is 13.2 Å². The summed E-state index contributed by atoms with van der Waals surface area (Å²) in [5, 5.41) is 7.51. The molecule has 0 aliphatic carbocycles. The number of hydrogen-bond donors (Lipinski definition) is 4. The van der Waals surface area contributed by atoms with Crippen molar-refractivity contribution in [1.82, 2.24) is 10.6 Å². The third-order valence-electron chi connectivity index (χ3n) is 3.72. The predicted molar refractivity (Wildman–Crippen MR) is 94.9 cm³/mol. The Hall–Kier alpha value is -2.81. The highest BCUT2D eigenvalue weighted by Crippen LogP contribution is 2.32. The molecule has 1 aliphatic rings. The van der Waals surface area contributed by atoms with Crippen molar-refractivity contribution >= 4 is 23.4 Å². The second-order valence-electron chi connectivity index (χ2n) is 6.17. The molecule has 1 aromatic carbocycles. The molecule has 0 spiro atoms. The average Bonchev–Trinajstić information content (AvgIpc) is 2.63.